The Labute approximate surface area is 211 Å². The highest BCUT2D eigenvalue weighted by Gasteiger charge is 2.40. The van der Waals surface area contributed by atoms with Crippen LogP contribution in [0.3, 0.4) is 0 Å². The van der Waals surface area contributed by atoms with Gasteiger partial charge in [0, 0.05) is 30.6 Å². The molecular formula is C28H33N3O5. The van der Waals surface area contributed by atoms with Crippen LogP contribution in [0.5, 0.6) is 5.75 Å². The van der Waals surface area contributed by atoms with Crippen LogP contribution in [-0.2, 0) is 34.0 Å². The molecule has 2 aromatic rings. The van der Waals surface area contributed by atoms with Gasteiger partial charge in [0.25, 0.3) is 5.91 Å². The van der Waals surface area contributed by atoms with Crippen LogP contribution in [0.15, 0.2) is 42.5 Å². The molecule has 0 radical (unpaired) electrons. The van der Waals surface area contributed by atoms with E-state index in [1.54, 1.807) is 17.0 Å². The highest BCUT2D eigenvalue weighted by molar-refractivity contribution is 6.05. The van der Waals surface area contributed by atoms with Crippen molar-refractivity contribution in [2.75, 3.05) is 13.6 Å². The van der Waals surface area contributed by atoms with Crippen molar-refractivity contribution in [3.8, 4) is 5.75 Å². The van der Waals surface area contributed by atoms with Crippen molar-refractivity contribution in [3.05, 3.63) is 64.7 Å². The molecule has 0 spiro atoms. The average Bonchev–Trinajstić information content (AvgIpc) is 3.41. The molecule has 1 N–H and O–H groups in total. The van der Waals surface area contributed by atoms with Crippen LogP contribution >= 0.6 is 0 Å². The second-order valence-electron chi connectivity index (χ2n) is 10.1. The highest BCUT2D eigenvalue weighted by atomic mass is 16.5. The largest absolute Gasteiger partial charge is 0.489 e. The molecule has 2 fully saturated rings. The molecule has 190 valence electrons. The van der Waals surface area contributed by atoms with Crippen LogP contribution in [0.1, 0.15) is 59.7 Å². The monoisotopic (exact) mass is 491 g/mol. The van der Waals surface area contributed by atoms with E-state index in [0.29, 0.717) is 43.1 Å². The smallest absolute Gasteiger partial charge is 0.255 e. The van der Waals surface area contributed by atoms with Crippen molar-refractivity contribution < 1.29 is 23.9 Å². The number of ether oxygens (including phenoxy) is 2. The maximum absolute atomic E-state index is 13.0. The lowest BCUT2D eigenvalue weighted by molar-refractivity contribution is -0.136. The zero-order valence-corrected chi connectivity index (χ0v) is 20.9. The Hall–Kier alpha value is -3.23. The Morgan fingerprint density at radius 2 is 1.83 bits per heavy atom. The number of amides is 3. The third kappa shape index (κ3) is 5.29. The zero-order valence-electron chi connectivity index (χ0n) is 20.9. The van der Waals surface area contributed by atoms with Gasteiger partial charge >= 0.3 is 0 Å². The Kier molecular flexibility index (Phi) is 7.07. The number of likely N-dealkylation sites (N-methyl/N-ethyl adjacent to an activating group) is 1. The van der Waals surface area contributed by atoms with E-state index in [4.69, 9.17) is 9.47 Å². The Balaban J connectivity index is 1.18. The lowest BCUT2D eigenvalue weighted by atomic mass is 10.0. The van der Waals surface area contributed by atoms with Gasteiger partial charge in [-0.3, -0.25) is 24.6 Å². The van der Waals surface area contributed by atoms with Crippen molar-refractivity contribution in [1.29, 1.82) is 0 Å². The van der Waals surface area contributed by atoms with Gasteiger partial charge in [-0.15, -0.1) is 0 Å². The standard InChI is InChI=1S/C28H33N3O5/c1-18-6-11-21(36-18)15-30(2)14-19-7-9-20(10-8-19)17-35-25-5-3-4-22-23(25)16-31(28(22)34)24-12-13-26(32)29-27(24)33/h3-5,7-10,18,21,24H,6,11-17H2,1-2H3,(H,29,32,33). The third-order valence-electron chi connectivity index (χ3n) is 7.24. The summed E-state index contributed by atoms with van der Waals surface area (Å²) < 4.78 is 12.1. The topological polar surface area (TPSA) is 88.2 Å². The lowest BCUT2D eigenvalue weighted by Crippen LogP contribution is -2.52. The SMILES string of the molecule is CC1CCC(CN(C)Cc2ccc(COc3cccc4c3CN(C3CCC(=O)NC3=O)C4=O)cc2)O1. The summed E-state index contributed by atoms with van der Waals surface area (Å²) in [6, 6.07) is 13.2. The minimum Gasteiger partial charge on any atom is -0.489 e. The summed E-state index contributed by atoms with van der Waals surface area (Å²) in [6.07, 6.45) is 3.53. The Morgan fingerprint density at radius 1 is 1.06 bits per heavy atom. The fraction of sp³-hybridized carbons (Fsp3) is 0.464. The normalized spacial score (nSPS) is 23.8. The van der Waals surface area contributed by atoms with E-state index in [-0.39, 0.29) is 18.2 Å². The van der Waals surface area contributed by atoms with Gasteiger partial charge in [-0.1, -0.05) is 30.3 Å². The molecule has 3 aliphatic heterocycles. The molecule has 0 bridgehead atoms. The Morgan fingerprint density at radius 3 is 2.56 bits per heavy atom. The summed E-state index contributed by atoms with van der Waals surface area (Å²) in [5.74, 6) is -0.258. The van der Waals surface area contributed by atoms with Crippen LogP contribution in [0.2, 0.25) is 0 Å². The number of imide groups is 1. The van der Waals surface area contributed by atoms with Gasteiger partial charge < -0.3 is 14.4 Å². The first-order valence-electron chi connectivity index (χ1n) is 12.7. The minimum atomic E-state index is -0.634. The first-order valence-corrected chi connectivity index (χ1v) is 12.7. The number of hydrogen-bond acceptors (Lipinski definition) is 6. The summed E-state index contributed by atoms with van der Waals surface area (Å²) >= 11 is 0. The number of fused-ring (bicyclic) bond motifs is 1. The van der Waals surface area contributed by atoms with Crippen molar-refractivity contribution in [1.82, 2.24) is 15.1 Å². The molecule has 3 amide bonds. The van der Waals surface area contributed by atoms with Gasteiger partial charge in [-0.25, -0.2) is 0 Å². The number of carbonyl (C=O) groups is 3. The number of hydrogen-bond donors (Lipinski definition) is 1. The molecule has 2 aromatic carbocycles. The minimum absolute atomic E-state index is 0.198. The van der Waals surface area contributed by atoms with Gasteiger partial charge in [0.05, 0.1) is 18.8 Å². The van der Waals surface area contributed by atoms with Crippen molar-refractivity contribution >= 4 is 17.7 Å². The molecule has 2 saturated heterocycles. The third-order valence-corrected chi connectivity index (χ3v) is 7.24. The van der Waals surface area contributed by atoms with Crippen molar-refractivity contribution in [2.45, 2.75) is 70.6 Å². The summed E-state index contributed by atoms with van der Waals surface area (Å²) in [4.78, 5) is 40.6. The number of rotatable bonds is 8. The average molecular weight is 492 g/mol. The summed E-state index contributed by atoms with van der Waals surface area (Å²) in [5, 5.41) is 2.34. The number of nitrogens with one attached hydrogen (secondary N) is 1. The predicted octanol–water partition coefficient (Wildman–Crippen LogP) is 3.03. The number of benzene rings is 2. The molecular weight excluding hydrogens is 458 g/mol. The van der Waals surface area contributed by atoms with E-state index in [1.807, 2.05) is 6.07 Å². The quantitative estimate of drug-likeness (QED) is 0.571. The van der Waals surface area contributed by atoms with E-state index in [2.05, 4.69) is 48.5 Å². The van der Waals surface area contributed by atoms with E-state index in [1.165, 1.54) is 5.56 Å². The second kappa shape index (κ2) is 10.4. The molecule has 3 heterocycles. The van der Waals surface area contributed by atoms with Gasteiger partial charge in [0.1, 0.15) is 18.4 Å². The molecule has 8 nitrogen and oxygen atoms in total. The number of piperidine rings is 1. The molecule has 3 aliphatic rings. The first-order chi connectivity index (χ1) is 17.4. The van der Waals surface area contributed by atoms with Crippen molar-refractivity contribution in [2.24, 2.45) is 0 Å². The number of nitrogens with zero attached hydrogens (tertiary/aromatic N) is 2. The predicted molar refractivity (Wildman–Crippen MR) is 133 cm³/mol. The molecule has 3 atom stereocenters. The number of carbonyl (C=O) groups excluding carboxylic acids is 3. The fourth-order valence-corrected chi connectivity index (χ4v) is 5.34. The van der Waals surface area contributed by atoms with Gasteiger partial charge in [-0.05, 0) is 56.5 Å². The van der Waals surface area contributed by atoms with Crippen LogP contribution in [0.4, 0.5) is 0 Å². The van der Waals surface area contributed by atoms with Gasteiger partial charge in [0.2, 0.25) is 11.8 Å². The van der Waals surface area contributed by atoms with Crippen LogP contribution in [0.25, 0.3) is 0 Å². The van der Waals surface area contributed by atoms with E-state index >= 15 is 0 Å². The molecule has 0 aliphatic carbocycles. The molecule has 0 saturated carbocycles. The van der Waals surface area contributed by atoms with E-state index in [9.17, 15) is 14.4 Å². The fourth-order valence-electron chi connectivity index (χ4n) is 5.34. The zero-order chi connectivity index (χ0) is 25.2. The first kappa shape index (κ1) is 24.5. The van der Waals surface area contributed by atoms with Crippen LogP contribution in [0, 0.1) is 0 Å². The maximum atomic E-state index is 13.0. The van der Waals surface area contributed by atoms with Gasteiger partial charge in [0.15, 0.2) is 0 Å². The van der Waals surface area contributed by atoms with E-state index < -0.39 is 11.9 Å². The van der Waals surface area contributed by atoms with Crippen LogP contribution in [-0.4, -0.2) is 59.4 Å². The molecule has 0 aromatic heterocycles. The summed E-state index contributed by atoms with van der Waals surface area (Å²) in [7, 11) is 2.12. The Bertz CT molecular complexity index is 1150. The summed E-state index contributed by atoms with van der Waals surface area (Å²) in [6.45, 7) is 4.61. The second-order valence-corrected chi connectivity index (χ2v) is 10.1. The molecule has 36 heavy (non-hydrogen) atoms. The van der Waals surface area contributed by atoms with Gasteiger partial charge in [-0.2, -0.15) is 0 Å². The maximum Gasteiger partial charge on any atom is 0.255 e. The molecule has 3 unspecified atom stereocenters. The lowest BCUT2D eigenvalue weighted by Gasteiger charge is -2.29. The molecule has 5 rings (SSSR count). The summed E-state index contributed by atoms with van der Waals surface area (Å²) in [5.41, 5.74) is 3.61. The highest BCUT2D eigenvalue weighted by Crippen LogP contribution is 2.34. The van der Waals surface area contributed by atoms with Crippen molar-refractivity contribution in [3.63, 3.8) is 0 Å². The molecule has 8 heteroatoms. The van der Waals surface area contributed by atoms with Crippen LogP contribution < -0.4 is 10.1 Å². The van der Waals surface area contributed by atoms with E-state index in [0.717, 1.165) is 37.1 Å².